The van der Waals surface area contributed by atoms with Crippen LogP contribution < -0.4 is 14.4 Å². The zero-order chi connectivity index (χ0) is 20.1. The van der Waals surface area contributed by atoms with Gasteiger partial charge >= 0.3 is 12.3 Å². The Morgan fingerprint density at radius 2 is 1.86 bits per heavy atom. The fourth-order valence-corrected chi connectivity index (χ4v) is 3.33. The molecule has 8 heteroatoms. The second kappa shape index (κ2) is 8.41. The van der Waals surface area contributed by atoms with Crippen molar-refractivity contribution in [3.8, 4) is 11.5 Å². The van der Waals surface area contributed by atoms with E-state index in [1.165, 1.54) is 18.2 Å². The number of rotatable bonds is 7. The van der Waals surface area contributed by atoms with Gasteiger partial charge < -0.3 is 19.5 Å². The van der Waals surface area contributed by atoms with E-state index < -0.39 is 12.3 Å². The molecule has 0 saturated carbocycles. The molecule has 150 valence electrons. The number of anilines is 1. The van der Waals surface area contributed by atoms with E-state index in [-0.39, 0.29) is 30.4 Å². The standard InChI is InChI=1S/C20H20F3NO4/c21-20(22,23)28-18-6-2-1-4-14(18)13-27-17-9-7-15(8-10-17)24-11-3-5-16(24)12-19(25)26/h1-2,4,6-10,16H,3,5,11-13H2,(H,25,26). The second-order valence-corrected chi connectivity index (χ2v) is 6.53. The van der Waals surface area contributed by atoms with Gasteiger partial charge in [0.1, 0.15) is 18.1 Å². The number of hydrogen-bond donors (Lipinski definition) is 1. The number of para-hydroxylation sites is 1. The number of nitrogens with zero attached hydrogens (tertiary/aromatic N) is 1. The predicted octanol–water partition coefficient (Wildman–Crippen LogP) is 4.61. The molecule has 1 fully saturated rings. The summed E-state index contributed by atoms with van der Waals surface area (Å²) in [5.41, 5.74) is 1.18. The molecule has 0 aliphatic carbocycles. The Hall–Kier alpha value is -2.90. The third kappa shape index (κ3) is 5.31. The summed E-state index contributed by atoms with van der Waals surface area (Å²) in [6, 6.07) is 12.9. The number of halogens is 3. The first-order chi connectivity index (χ1) is 13.3. The quantitative estimate of drug-likeness (QED) is 0.742. The first-order valence-corrected chi connectivity index (χ1v) is 8.87. The number of aliphatic carboxylic acids is 1. The van der Waals surface area contributed by atoms with E-state index in [1.54, 1.807) is 18.2 Å². The maximum atomic E-state index is 12.5. The molecule has 5 nitrogen and oxygen atoms in total. The maximum Gasteiger partial charge on any atom is 0.573 e. The Kier molecular flexibility index (Phi) is 5.96. The lowest BCUT2D eigenvalue weighted by Gasteiger charge is -2.25. The van der Waals surface area contributed by atoms with Crippen LogP contribution in [0.25, 0.3) is 0 Å². The van der Waals surface area contributed by atoms with Gasteiger partial charge in [-0.15, -0.1) is 13.2 Å². The summed E-state index contributed by atoms with van der Waals surface area (Å²) < 4.78 is 47.1. The van der Waals surface area contributed by atoms with Crippen molar-refractivity contribution in [1.82, 2.24) is 0 Å². The van der Waals surface area contributed by atoms with Crippen molar-refractivity contribution in [3.63, 3.8) is 0 Å². The molecular weight excluding hydrogens is 375 g/mol. The average Bonchev–Trinajstić information content (AvgIpc) is 3.07. The summed E-state index contributed by atoms with van der Waals surface area (Å²) in [4.78, 5) is 13.1. The number of ether oxygens (including phenoxy) is 2. The summed E-state index contributed by atoms with van der Waals surface area (Å²) in [6.07, 6.45) is -2.90. The van der Waals surface area contributed by atoms with E-state index in [2.05, 4.69) is 9.64 Å². The molecule has 1 aliphatic rings. The lowest BCUT2D eigenvalue weighted by molar-refractivity contribution is -0.275. The van der Waals surface area contributed by atoms with Crippen LogP contribution in [0, 0.1) is 0 Å². The zero-order valence-corrected chi connectivity index (χ0v) is 15.0. The molecule has 0 amide bonds. The molecule has 2 aromatic rings. The van der Waals surface area contributed by atoms with E-state index >= 15 is 0 Å². The van der Waals surface area contributed by atoms with Crippen LogP contribution in [0.1, 0.15) is 24.8 Å². The number of carboxylic acids is 1. The van der Waals surface area contributed by atoms with Gasteiger partial charge in [-0.1, -0.05) is 18.2 Å². The largest absolute Gasteiger partial charge is 0.573 e. The first-order valence-electron chi connectivity index (χ1n) is 8.87. The van der Waals surface area contributed by atoms with Crippen LogP contribution in [-0.4, -0.2) is 30.0 Å². The van der Waals surface area contributed by atoms with Gasteiger partial charge in [0.25, 0.3) is 0 Å². The molecule has 1 aliphatic heterocycles. The van der Waals surface area contributed by atoms with Crippen LogP contribution in [0.5, 0.6) is 11.5 Å². The van der Waals surface area contributed by atoms with Gasteiger partial charge in [0, 0.05) is 23.8 Å². The van der Waals surface area contributed by atoms with Gasteiger partial charge in [0.2, 0.25) is 0 Å². The number of benzene rings is 2. The van der Waals surface area contributed by atoms with Crippen molar-refractivity contribution in [2.24, 2.45) is 0 Å². The molecule has 1 unspecified atom stereocenters. The molecule has 1 atom stereocenters. The molecular formula is C20H20F3NO4. The van der Waals surface area contributed by atoms with Crippen molar-refractivity contribution >= 4 is 11.7 Å². The van der Waals surface area contributed by atoms with Crippen molar-refractivity contribution in [2.75, 3.05) is 11.4 Å². The van der Waals surface area contributed by atoms with Gasteiger partial charge in [-0.25, -0.2) is 0 Å². The molecule has 3 rings (SSSR count). The van der Waals surface area contributed by atoms with Crippen molar-refractivity contribution in [1.29, 1.82) is 0 Å². The summed E-state index contributed by atoms with van der Waals surface area (Å²) in [6.45, 7) is 0.720. The molecule has 1 heterocycles. The van der Waals surface area contributed by atoms with Gasteiger partial charge in [-0.2, -0.15) is 0 Å². The lowest BCUT2D eigenvalue weighted by Crippen LogP contribution is -2.31. The van der Waals surface area contributed by atoms with Crippen LogP contribution in [0.4, 0.5) is 18.9 Å². The summed E-state index contributed by atoms with van der Waals surface area (Å²) in [7, 11) is 0. The first kappa shape index (κ1) is 19.9. The third-order valence-electron chi connectivity index (χ3n) is 4.55. The minimum absolute atomic E-state index is 0.0318. The minimum atomic E-state index is -4.76. The van der Waals surface area contributed by atoms with Crippen LogP contribution in [0.15, 0.2) is 48.5 Å². The summed E-state index contributed by atoms with van der Waals surface area (Å²) in [5, 5.41) is 9.03. The van der Waals surface area contributed by atoms with Crippen molar-refractivity contribution in [3.05, 3.63) is 54.1 Å². The zero-order valence-electron chi connectivity index (χ0n) is 15.0. The Balaban J connectivity index is 1.63. The Bertz CT molecular complexity index is 808. The van der Waals surface area contributed by atoms with E-state index in [1.807, 2.05) is 12.1 Å². The number of alkyl halides is 3. The number of carboxylic acid groups (broad SMARTS) is 1. The number of carbonyl (C=O) groups is 1. The van der Waals surface area contributed by atoms with E-state index in [0.29, 0.717) is 5.75 Å². The van der Waals surface area contributed by atoms with E-state index in [4.69, 9.17) is 9.84 Å². The minimum Gasteiger partial charge on any atom is -0.489 e. The highest BCUT2D eigenvalue weighted by Gasteiger charge is 2.32. The lowest BCUT2D eigenvalue weighted by atomic mass is 10.1. The monoisotopic (exact) mass is 395 g/mol. The second-order valence-electron chi connectivity index (χ2n) is 6.53. The van der Waals surface area contributed by atoms with E-state index in [9.17, 15) is 18.0 Å². The molecule has 0 aromatic heterocycles. The molecule has 0 bridgehead atoms. The van der Waals surface area contributed by atoms with Crippen molar-refractivity contribution in [2.45, 2.75) is 38.3 Å². The third-order valence-corrected chi connectivity index (χ3v) is 4.55. The van der Waals surface area contributed by atoms with Crippen LogP contribution in [-0.2, 0) is 11.4 Å². The molecule has 1 saturated heterocycles. The Labute approximate surface area is 160 Å². The SMILES string of the molecule is O=C(O)CC1CCCN1c1ccc(OCc2ccccc2OC(F)(F)F)cc1. The predicted molar refractivity (Wildman–Crippen MR) is 96.5 cm³/mol. The van der Waals surface area contributed by atoms with Crippen LogP contribution >= 0.6 is 0 Å². The van der Waals surface area contributed by atoms with Gasteiger partial charge in [0.05, 0.1) is 6.42 Å². The molecule has 2 aromatic carbocycles. The summed E-state index contributed by atoms with van der Waals surface area (Å²) in [5.74, 6) is -0.615. The fraction of sp³-hybridized carbons (Fsp3) is 0.350. The smallest absolute Gasteiger partial charge is 0.489 e. The van der Waals surface area contributed by atoms with Gasteiger partial charge in [0.15, 0.2) is 0 Å². The highest BCUT2D eigenvalue weighted by Crippen LogP contribution is 2.30. The van der Waals surface area contributed by atoms with Crippen LogP contribution in [0.3, 0.4) is 0 Å². The average molecular weight is 395 g/mol. The van der Waals surface area contributed by atoms with Crippen molar-refractivity contribution < 1.29 is 32.5 Å². The van der Waals surface area contributed by atoms with Gasteiger partial charge in [-0.05, 0) is 43.2 Å². The summed E-state index contributed by atoms with van der Waals surface area (Å²) >= 11 is 0. The molecule has 28 heavy (non-hydrogen) atoms. The van der Waals surface area contributed by atoms with Gasteiger partial charge in [-0.3, -0.25) is 4.79 Å². The number of hydrogen-bond acceptors (Lipinski definition) is 4. The van der Waals surface area contributed by atoms with E-state index in [0.717, 1.165) is 25.1 Å². The maximum absolute atomic E-state index is 12.5. The molecule has 0 spiro atoms. The highest BCUT2D eigenvalue weighted by molar-refractivity contribution is 5.69. The Morgan fingerprint density at radius 3 is 2.54 bits per heavy atom. The molecule has 0 radical (unpaired) electrons. The van der Waals surface area contributed by atoms with Crippen LogP contribution in [0.2, 0.25) is 0 Å². The highest BCUT2D eigenvalue weighted by atomic mass is 19.4. The normalized spacial score (nSPS) is 16.8. The topological polar surface area (TPSA) is 59.0 Å². The molecule has 1 N–H and O–H groups in total. The Morgan fingerprint density at radius 1 is 1.14 bits per heavy atom. The fourth-order valence-electron chi connectivity index (χ4n) is 3.33.